The molecule has 0 atom stereocenters. The molecule has 0 saturated carbocycles. The fourth-order valence-electron chi connectivity index (χ4n) is 5.10. The quantitative estimate of drug-likeness (QED) is 0.164. The van der Waals surface area contributed by atoms with Crippen molar-refractivity contribution in [2.75, 3.05) is 9.80 Å². The molecule has 204 valence electrons. The lowest BCUT2D eigenvalue weighted by molar-refractivity contribution is 0.482. The van der Waals surface area contributed by atoms with E-state index in [0.717, 1.165) is 50.1 Å². The van der Waals surface area contributed by atoms with Gasteiger partial charge in [0.2, 0.25) is 0 Å². The monoisotopic (exact) mass is 644 g/mol. The first kappa shape index (κ1) is 26.5. The molecule has 0 N–H and O–H groups in total. The molecule has 0 aliphatic heterocycles. The molecule has 0 bridgehead atoms. The lowest BCUT2D eigenvalue weighted by atomic mass is 10.1. The minimum Gasteiger partial charge on any atom is -0.455 e. The van der Waals surface area contributed by atoms with E-state index < -0.39 is 0 Å². The number of anilines is 6. The molecule has 0 spiro atoms. The van der Waals surface area contributed by atoms with Gasteiger partial charge in [0.15, 0.2) is 5.75 Å². The summed E-state index contributed by atoms with van der Waals surface area (Å²) in [5, 5.41) is 7.51. The van der Waals surface area contributed by atoms with Crippen LogP contribution < -0.4 is 14.5 Å². The van der Waals surface area contributed by atoms with Crippen molar-refractivity contribution in [3.63, 3.8) is 0 Å². The highest BCUT2D eigenvalue weighted by atomic mass is 79.9. The standard InChI is InChI=1S/C36H25BrN2OS2/c37-33-23-41-25-35(33)40-31-21-29(38(26-12-4-1-5-13-26)27-14-6-2-7-15-27)20-30(22-31)39(28-16-8-3-9-17-28)34-24-42-36-19-11-10-18-32(34)36/h1-25H. The lowest BCUT2D eigenvalue weighted by Crippen LogP contribution is -2.13. The smallest absolute Gasteiger partial charge is 0.152 e. The van der Waals surface area contributed by atoms with E-state index in [4.69, 9.17) is 4.74 Å². The van der Waals surface area contributed by atoms with Gasteiger partial charge in [-0.05, 0) is 64.5 Å². The summed E-state index contributed by atoms with van der Waals surface area (Å²) >= 11 is 7.02. The van der Waals surface area contributed by atoms with Crippen LogP contribution in [-0.2, 0) is 0 Å². The van der Waals surface area contributed by atoms with Gasteiger partial charge < -0.3 is 14.5 Å². The van der Waals surface area contributed by atoms with Crippen LogP contribution in [0.1, 0.15) is 0 Å². The number of thiophene rings is 2. The number of hydrogen-bond acceptors (Lipinski definition) is 5. The topological polar surface area (TPSA) is 15.7 Å². The summed E-state index contributed by atoms with van der Waals surface area (Å²) in [6.07, 6.45) is 0. The van der Waals surface area contributed by atoms with Crippen LogP contribution in [0.5, 0.6) is 11.5 Å². The summed E-state index contributed by atoms with van der Waals surface area (Å²) in [6, 6.07) is 46.5. The van der Waals surface area contributed by atoms with Gasteiger partial charge in [0.05, 0.1) is 21.5 Å². The number of ether oxygens (including phenoxy) is 1. The summed E-state index contributed by atoms with van der Waals surface area (Å²) in [5.74, 6) is 1.54. The van der Waals surface area contributed by atoms with Crippen LogP contribution in [0.25, 0.3) is 10.1 Å². The molecule has 42 heavy (non-hydrogen) atoms. The van der Waals surface area contributed by atoms with Gasteiger partial charge >= 0.3 is 0 Å². The van der Waals surface area contributed by atoms with E-state index in [9.17, 15) is 0 Å². The number of para-hydroxylation sites is 3. The zero-order valence-electron chi connectivity index (χ0n) is 22.4. The Balaban J connectivity index is 1.47. The van der Waals surface area contributed by atoms with E-state index in [1.165, 1.54) is 10.1 Å². The molecule has 7 rings (SSSR count). The fourth-order valence-corrected chi connectivity index (χ4v) is 7.30. The molecule has 0 unspecified atom stereocenters. The van der Waals surface area contributed by atoms with E-state index in [2.05, 4.69) is 152 Å². The molecule has 7 aromatic rings. The molecule has 2 aromatic heterocycles. The van der Waals surface area contributed by atoms with Gasteiger partial charge in [-0.3, -0.25) is 0 Å². The highest BCUT2D eigenvalue weighted by Crippen LogP contribution is 2.46. The Kier molecular flexibility index (Phi) is 7.49. The predicted molar refractivity (Wildman–Crippen MR) is 183 cm³/mol. The van der Waals surface area contributed by atoms with Crippen molar-refractivity contribution in [2.45, 2.75) is 0 Å². The van der Waals surface area contributed by atoms with Gasteiger partial charge in [0.25, 0.3) is 0 Å². The molecule has 0 aliphatic rings. The van der Waals surface area contributed by atoms with Crippen LogP contribution in [0.4, 0.5) is 34.1 Å². The predicted octanol–water partition coefficient (Wildman–Crippen LogP) is 12.5. The summed E-state index contributed by atoms with van der Waals surface area (Å²) in [6.45, 7) is 0. The molecule has 0 aliphatic carbocycles. The van der Waals surface area contributed by atoms with E-state index in [1.807, 2.05) is 22.9 Å². The summed E-state index contributed by atoms with van der Waals surface area (Å²) < 4.78 is 8.74. The third-order valence-electron chi connectivity index (χ3n) is 6.95. The lowest BCUT2D eigenvalue weighted by Gasteiger charge is -2.30. The first-order valence-corrected chi connectivity index (χ1v) is 16.1. The second kappa shape index (κ2) is 11.9. The maximum Gasteiger partial charge on any atom is 0.152 e. The Morgan fingerprint density at radius 2 is 1.07 bits per heavy atom. The second-order valence-electron chi connectivity index (χ2n) is 9.67. The average molecular weight is 646 g/mol. The van der Waals surface area contributed by atoms with Crippen LogP contribution in [0, 0.1) is 0 Å². The number of fused-ring (bicyclic) bond motifs is 1. The van der Waals surface area contributed by atoms with E-state index in [-0.39, 0.29) is 0 Å². The van der Waals surface area contributed by atoms with Crippen LogP contribution in [-0.4, -0.2) is 0 Å². The van der Waals surface area contributed by atoms with Crippen molar-refractivity contribution < 1.29 is 4.74 Å². The van der Waals surface area contributed by atoms with Gasteiger partial charge in [-0.25, -0.2) is 0 Å². The Hall–Kier alpha value is -4.36. The van der Waals surface area contributed by atoms with Gasteiger partial charge in [-0.2, -0.15) is 0 Å². The Labute approximate surface area is 261 Å². The molecular weight excluding hydrogens is 620 g/mol. The third-order valence-corrected chi connectivity index (χ3v) is 9.54. The number of benzene rings is 5. The molecule has 0 radical (unpaired) electrons. The molecule has 0 fully saturated rings. The van der Waals surface area contributed by atoms with Crippen LogP contribution in [0.15, 0.2) is 154 Å². The zero-order chi connectivity index (χ0) is 28.3. The highest BCUT2D eigenvalue weighted by molar-refractivity contribution is 9.10. The number of halogens is 1. The van der Waals surface area contributed by atoms with E-state index in [1.54, 1.807) is 22.7 Å². The first-order valence-electron chi connectivity index (χ1n) is 13.5. The van der Waals surface area contributed by atoms with E-state index >= 15 is 0 Å². The number of hydrogen-bond donors (Lipinski definition) is 0. The first-order chi connectivity index (χ1) is 20.7. The van der Waals surface area contributed by atoms with Crippen LogP contribution >= 0.6 is 38.6 Å². The second-order valence-corrected chi connectivity index (χ2v) is 12.2. The molecule has 0 saturated heterocycles. The highest BCUT2D eigenvalue weighted by Gasteiger charge is 2.21. The molecular formula is C36H25BrN2OS2. The molecule has 2 heterocycles. The largest absolute Gasteiger partial charge is 0.455 e. The van der Waals surface area contributed by atoms with Crippen molar-refractivity contribution in [1.82, 2.24) is 0 Å². The van der Waals surface area contributed by atoms with Crippen molar-refractivity contribution in [3.8, 4) is 11.5 Å². The minimum absolute atomic E-state index is 0.749. The zero-order valence-corrected chi connectivity index (χ0v) is 25.6. The van der Waals surface area contributed by atoms with Crippen LogP contribution in [0.2, 0.25) is 0 Å². The van der Waals surface area contributed by atoms with Crippen molar-refractivity contribution in [1.29, 1.82) is 0 Å². The maximum atomic E-state index is 6.56. The van der Waals surface area contributed by atoms with Crippen molar-refractivity contribution >= 4 is 82.8 Å². The van der Waals surface area contributed by atoms with Crippen molar-refractivity contribution in [2.24, 2.45) is 0 Å². The SMILES string of the molecule is Brc1cscc1Oc1cc(N(c2ccccc2)c2ccccc2)cc(N(c2ccccc2)c2csc3ccccc23)c1. The minimum atomic E-state index is 0.749. The Bertz CT molecular complexity index is 1900. The molecule has 6 heteroatoms. The van der Waals surface area contributed by atoms with Crippen LogP contribution in [0.3, 0.4) is 0 Å². The summed E-state index contributed by atoms with van der Waals surface area (Å²) in [4.78, 5) is 4.60. The average Bonchev–Trinajstić information content (AvgIpc) is 3.65. The van der Waals surface area contributed by atoms with Crippen molar-refractivity contribution in [3.05, 3.63) is 154 Å². The molecule has 3 nitrogen and oxygen atoms in total. The van der Waals surface area contributed by atoms with Gasteiger partial charge in [-0.1, -0.05) is 72.8 Å². The number of nitrogens with zero attached hydrogens (tertiary/aromatic N) is 2. The maximum absolute atomic E-state index is 6.56. The Morgan fingerprint density at radius 3 is 1.67 bits per heavy atom. The van der Waals surface area contributed by atoms with Gasteiger partial charge in [0.1, 0.15) is 5.75 Å². The fraction of sp³-hybridized carbons (Fsp3) is 0. The number of rotatable bonds is 8. The summed E-state index contributed by atoms with van der Waals surface area (Å²) in [5.41, 5.74) is 6.33. The van der Waals surface area contributed by atoms with Gasteiger partial charge in [0, 0.05) is 55.4 Å². The van der Waals surface area contributed by atoms with Gasteiger partial charge in [-0.15, -0.1) is 22.7 Å². The van der Waals surface area contributed by atoms with E-state index in [0.29, 0.717) is 0 Å². The Morgan fingerprint density at radius 1 is 0.524 bits per heavy atom. The molecule has 5 aromatic carbocycles. The normalized spacial score (nSPS) is 11.0. The third kappa shape index (κ3) is 5.32. The summed E-state index contributed by atoms with van der Waals surface area (Å²) in [7, 11) is 0. The molecule has 0 amide bonds.